The highest BCUT2D eigenvalue weighted by molar-refractivity contribution is 8.18. The molecule has 32 heavy (non-hydrogen) atoms. The molecule has 0 aromatic heterocycles. The van der Waals surface area contributed by atoms with Crippen LogP contribution in [-0.2, 0) is 16.0 Å². The van der Waals surface area contributed by atoms with E-state index in [2.05, 4.69) is 11.9 Å². The predicted molar refractivity (Wildman–Crippen MR) is 126 cm³/mol. The third kappa shape index (κ3) is 5.20. The van der Waals surface area contributed by atoms with Crippen molar-refractivity contribution in [3.63, 3.8) is 0 Å². The van der Waals surface area contributed by atoms with Crippen LogP contribution in [0.1, 0.15) is 16.7 Å². The lowest BCUT2D eigenvalue weighted by atomic mass is 10.0. The van der Waals surface area contributed by atoms with Crippen molar-refractivity contribution in [1.82, 2.24) is 4.90 Å². The van der Waals surface area contributed by atoms with Crippen molar-refractivity contribution in [2.24, 2.45) is 0 Å². The number of benzene rings is 2. The highest BCUT2D eigenvalue weighted by Gasteiger charge is 2.36. The SMILES string of the molecule is C=CCc1cc(/C=C2\SC(=O)N(CC(=O)Nc3ccc(C)cc3)C2=O)cc(OC)c1OC. The molecule has 0 bridgehead atoms. The molecule has 3 rings (SSSR count). The monoisotopic (exact) mass is 452 g/mol. The highest BCUT2D eigenvalue weighted by atomic mass is 32.2. The van der Waals surface area contributed by atoms with Gasteiger partial charge in [0.25, 0.3) is 11.1 Å². The lowest BCUT2D eigenvalue weighted by Crippen LogP contribution is -2.36. The third-order valence-electron chi connectivity index (χ3n) is 4.75. The second-order valence-electron chi connectivity index (χ2n) is 7.09. The van der Waals surface area contributed by atoms with Gasteiger partial charge in [-0.1, -0.05) is 23.8 Å². The Morgan fingerprint density at radius 1 is 1.16 bits per heavy atom. The molecule has 7 nitrogen and oxygen atoms in total. The molecule has 0 unspecified atom stereocenters. The fourth-order valence-corrected chi connectivity index (χ4v) is 4.06. The molecule has 2 aromatic rings. The fourth-order valence-electron chi connectivity index (χ4n) is 3.23. The van der Waals surface area contributed by atoms with E-state index in [0.29, 0.717) is 29.2 Å². The van der Waals surface area contributed by atoms with Crippen molar-refractivity contribution in [3.05, 3.63) is 70.6 Å². The zero-order chi connectivity index (χ0) is 23.3. The minimum absolute atomic E-state index is 0.231. The van der Waals surface area contributed by atoms with Gasteiger partial charge in [0.1, 0.15) is 6.54 Å². The van der Waals surface area contributed by atoms with Gasteiger partial charge >= 0.3 is 0 Å². The van der Waals surface area contributed by atoms with Crippen LogP contribution >= 0.6 is 11.8 Å². The van der Waals surface area contributed by atoms with E-state index in [1.165, 1.54) is 7.11 Å². The Kier molecular flexibility index (Phi) is 7.37. The van der Waals surface area contributed by atoms with Crippen molar-refractivity contribution in [2.45, 2.75) is 13.3 Å². The summed E-state index contributed by atoms with van der Waals surface area (Å²) in [6.45, 7) is 5.34. The van der Waals surface area contributed by atoms with E-state index in [0.717, 1.165) is 27.8 Å². The fraction of sp³-hybridized carbons (Fsp3) is 0.208. The maximum atomic E-state index is 12.8. The van der Waals surface area contributed by atoms with E-state index < -0.39 is 17.1 Å². The quantitative estimate of drug-likeness (QED) is 0.472. The first kappa shape index (κ1) is 23.1. The molecular formula is C24H24N2O5S. The van der Waals surface area contributed by atoms with Crippen LogP contribution in [0.25, 0.3) is 6.08 Å². The second kappa shape index (κ2) is 10.2. The zero-order valence-corrected chi connectivity index (χ0v) is 19.0. The molecule has 2 aromatic carbocycles. The van der Waals surface area contributed by atoms with Crippen LogP contribution in [0.5, 0.6) is 11.5 Å². The molecule has 1 heterocycles. The molecule has 0 spiro atoms. The summed E-state index contributed by atoms with van der Waals surface area (Å²) in [6.07, 6.45) is 3.89. The second-order valence-corrected chi connectivity index (χ2v) is 8.08. The van der Waals surface area contributed by atoms with Crippen LogP contribution in [0.15, 0.2) is 54.0 Å². The maximum Gasteiger partial charge on any atom is 0.294 e. The van der Waals surface area contributed by atoms with Gasteiger partial charge in [0.2, 0.25) is 5.91 Å². The van der Waals surface area contributed by atoms with Crippen molar-refractivity contribution in [3.8, 4) is 11.5 Å². The number of amides is 3. The smallest absolute Gasteiger partial charge is 0.294 e. The molecule has 0 aliphatic carbocycles. The van der Waals surface area contributed by atoms with Crippen LogP contribution in [-0.4, -0.2) is 42.7 Å². The molecule has 0 radical (unpaired) electrons. The Hall–Kier alpha value is -3.52. The summed E-state index contributed by atoms with van der Waals surface area (Å²) in [7, 11) is 3.08. The van der Waals surface area contributed by atoms with E-state index in [4.69, 9.17) is 9.47 Å². The largest absolute Gasteiger partial charge is 0.493 e. The Bertz CT molecular complexity index is 1090. The van der Waals surface area contributed by atoms with Gasteiger partial charge in [-0.05, 0) is 61.0 Å². The molecule has 3 amide bonds. The van der Waals surface area contributed by atoms with Crippen molar-refractivity contribution >= 4 is 40.6 Å². The van der Waals surface area contributed by atoms with Gasteiger partial charge < -0.3 is 14.8 Å². The molecule has 1 fully saturated rings. The minimum atomic E-state index is -0.515. The number of imide groups is 1. The number of methoxy groups -OCH3 is 2. The summed E-state index contributed by atoms with van der Waals surface area (Å²) in [4.78, 5) is 38.7. The van der Waals surface area contributed by atoms with Gasteiger partial charge in [-0.25, -0.2) is 0 Å². The number of carbonyl (C=O) groups excluding carboxylic acids is 3. The first-order valence-electron chi connectivity index (χ1n) is 9.84. The number of hydrogen-bond acceptors (Lipinski definition) is 6. The molecular weight excluding hydrogens is 428 g/mol. The molecule has 1 N–H and O–H groups in total. The van der Waals surface area contributed by atoms with E-state index in [1.54, 1.807) is 37.5 Å². The van der Waals surface area contributed by atoms with Crippen LogP contribution in [0.2, 0.25) is 0 Å². The lowest BCUT2D eigenvalue weighted by molar-refractivity contribution is -0.127. The molecule has 8 heteroatoms. The number of nitrogens with zero attached hydrogens (tertiary/aromatic N) is 1. The summed E-state index contributed by atoms with van der Waals surface area (Å²) < 4.78 is 10.8. The number of thioether (sulfide) groups is 1. The summed E-state index contributed by atoms with van der Waals surface area (Å²) in [5.41, 5.74) is 3.17. The van der Waals surface area contributed by atoms with Crippen LogP contribution < -0.4 is 14.8 Å². The standard InChI is InChI=1S/C24H24N2O5S/c1-5-6-17-11-16(12-19(30-3)22(17)31-4)13-20-23(28)26(24(29)32-20)14-21(27)25-18-9-7-15(2)8-10-18/h5,7-13H,1,6,14H2,2-4H3,(H,25,27)/b20-13-. The zero-order valence-electron chi connectivity index (χ0n) is 18.1. The molecule has 166 valence electrons. The summed E-state index contributed by atoms with van der Waals surface area (Å²) >= 11 is 0.796. The van der Waals surface area contributed by atoms with E-state index in [1.807, 2.05) is 25.1 Å². The van der Waals surface area contributed by atoms with Gasteiger partial charge in [-0.2, -0.15) is 0 Å². The van der Waals surface area contributed by atoms with Gasteiger partial charge in [0.05, 0.1) is 19.1 Å². The van der Waals surface area contributed by atoms with Gasteiger partial charge in [-0.15, -0.1) is 6.58 Å². The van der Waals surface area contributed by atoms with Crippen LogP contribution in [0, 0.1) is 6.92 Å². The van der Waals surface area contributed by atoms with Crippen molar-refractivity contribution in [1.29, 1.82) is 0 Å². The lowest BCUT2D eigenvalue weighted by Gasteiger charge is -2.13. The number of ether oxygens (including phenoxy) is 2. The summed E-state index contributed by atoms with van der Waals surface area (Å²) in [5.74, 6) is 0.135. The first-order chi connectivity index (χ1) is 15.4. The Balaban J connectivity index is 1.79. The minimum Gasteiger partial charge on any atom is -0.493 e. The summed E-state index contributed by atoms with van der Waals surface area (Å²) in [5, 5.41) is 2.20. The summed E-state index contributed by atoms with van der Waals surface area (Å²) in [6, 6.07) is 10.8. The number of allylic oxidation sites excluding steroid dienone is 1. The number of aryl methyl sites for hydroxylation is 1. The predicted octanol–water partition coefficient (Wildman–Crippen LogP) is 4.42. The van der Waals surface area contributed by atoms with Crippen LogP contribution in [0.4, 0.5) is 10.5 Å². The molecule has 1 aliphatic rings. The Morgan fingerprint density at radius 3 is 2.50 bits per heavy atom. The number of rotatable bonds is 8. The first-order valence-corrected chi connectivity index (χ1v) is 10.7. The van der Waals surface area contributed by atoms with Gasteiger partial charge in [0, 0.05) is 11.3 Å². The number of nitrogens with one attached hydrogen (secondary N) is 1. The van der Waals surface area contributed by atoms with Crippen molar-refractivity contribution < 1.29 is 23.9 Å². The van der Waals surface area contributed by atoms with Gasteiger partial charge in [0.15, 0.2) is 11.5 Å². The average Bonchev–Trinajstić information content (AvgIpc) is 3.02. The van der Waals surface area contributed by atoms with Crippen LogP contribution in [0.3, 0.4) is 0 Å². The van der Waals surface area contributed by atoms with Crippen molar-refractivity contribution in [2.75, 3.05) is 26.1 Å². The molecule has 1 aliphatic heterocycles. The van der Waals surface area contributed by atoms with E-state index >= 15 is 0 Å². The number of hydrogen-bond donors (Lipinski definition) is 1. The average molecular weight is 453 g/mol. The molecule has 1 saturated heterocycles. The Labute approximate surface area is 191 Å². The molecule has 0 saturated carbocycles. The molecule has 0 atom stereocenters. The highest BCUT2D eigenvalue weighted by Crippen LogP contribution is 2.36. The number of carbonyl (C=O) groups is 3. The maximum absolute atomic E-state index is 12.8. The van der Waals surface area contributed by atoms with Gasteiger partial charge in [-0.3, -0.25) is 19.3 Å². The topological polar surface area (TPSA) is 84.9 Å². The van der Waals surface area contributed by atoms with E-state index in [9.17, 15) is 14.4 Å². The third-order valence-corrected chi connectivity index (χ3v) is 5.66. The van der Waals surface area contributed by atoms with E-state index in [-0.39, 0.29) is 11.4 Å². The Morgan fingerprint density at radius 2 is 1.88 bits per heavy atom. The normalized spacial score (nSPS) is 14.6. The number of anilines is 1.